The molecule has 180 valence electrons. The molecule has 2 aliphatic rings. The molecular weight excluding hydrogens is 467 g/mol. The van der Waals surface area contributed by atoms with Crippen LogP contribution in [-0.4, -0.2) is 50.5 Å². The number of ether oxygens (including phenoxy) is 1. The monoisotopic (exact) mass is 498 g/mol. The van der Waals surface area contributed by atoms with Crippen molar-refractivity contribution < 1.29 is 4.74 Å². The maximum absolute atomic E-state index is 6.12. The number of nitrogens with one attached hydrogen (secondary N) is 1. The van der Waals surface area contributed by atoms with Gasteiger partial charge in [0.1, 0.15) is 0 Å². The van der Waals surface area contributed by atoms with Gasteiger partial charge in [-0.3, -0.25) is 5.43 Å². The molecule has 34 heavy (non-hydrogen) atoms. The Morgan fingerprint density at radius 1 is 1.00 bits per heavy atom. The van der Waals surface area contributed by atoms with Gasteiger partial charge >= 0.3 is 0 Å². The van der Waals surface area contributed by atoms with Crippen LogP contribution in [0.4, 0.5) is 11.4 Å². The van der Waals surface area contributed by atoms with E-state index in [4.69, 9.17) is 27.9 Å². The van der Waals surface area contributed by atoms with Gasteiger partial charge in [0, 0.05) is 37.6 Å². The van der Waals surface area contributed by atoms with Gasteiger partial charge in [-0.25, -0.2) is 0 Å². The fraction of sp³-hybridized carbons (Fsp3) is 0.370. The zero-order valence-electron chi connectivity index (χ0n) is 19.9. The molecule has 5 nitrogen and oxygen atoms in total. The van der Waals surface area contributed by atoms with E-state index >= 15 is 0 Å². The fourth-order valence-corrected chi connectivity index (χ4v) is 4.79. The Labute approximate surface area is 212 Å². The van der Waals surface area contributed by atoms with Crippen molar-refractivity contribution in [2.75, 3.05) is 49.7 Å². The number of anilines is 2. The Hall–Kier alpha value is -2.47. The smallest absolute Gasteiger partial charge is 0.0642 e. The molecule has 0 spiro atoms. The molecule has 1 aliphatic carbocycles. The van der Waals surface area contributed by atoms with E-state index < -0.39 is 0 Å². The molecule has 7 heteroatoms. The van der Waals surface area contributed by atoms with Gasteiger partial charge in [0.05, 0.1) is 35.2 Å². The van der Waals surface area contributed by atoms with Crippen LogP contribution in [0.1, 0.15) is 32.3 Å². The molecule has 1 heterocycles. The molecule has 0 aromatic heterocycles. The van der Waals surface area contributed by atoms with E-state index in [1.165, 1.54) is 28.1 Å². The minimum atomic E-state index is 0.508. The minimum absolute atomic E-state index is 0.508. The summed E-state index contributed by atoms with van der Waals surface area (Å²) in [6.45, 7) is 9.70. The van der Waals surface area contributed by atoms with Gasteiger partial charge in [-0.05, 0) is 79.8 Å². The van der Waals surface area contributed by atoms with Gasteiger partial charge in [-0.2, -0.15) is 5.10 Å². The van der Waals surface area contributed by atoms with E-state index in [0.717, 1.165) is 57.9 Å². The van der Waals surface area contributed by atoms with Crippen LogP contribution in [0, 0.1) is 0 Å². The summed E-state index contributed by atoms with van der Waals surface area (Å²) in [6, 6.07) is 14.3. The van der Waals surface area contributed by atoms with E-state index in [1.54, 1.807) is 12.1 Å². The Morgan fingerprint density at radius 3 is 2.41 bits per heavy atom. The number of morpholine rings is 1. The third kappa shape index (κ3) is 5.96. The highest BCUT2D eigenvalue weighted by atomic mass is 35.5. The number of hydrogen-bond acceptors (Lipinski definition) is 5. The maximum Gasteiger partial charge on any atom is 0.0642 e. The van der Waals surface area contributed by atoms with Gasteiger partial charge in [-0.1, -0.05) is 35.3 Å². The van der Waals surface area contributed by atoms with Crippen molar-refractivity contribution in [1.29, 1.82) is 0 Å². The fourth-order valence-electron chi connectivity index (χ4n) is 4.49. The molecule has 1 N–H and O–H groups in total. The molecular formula is C27H32Cl2N4O. The van der Waals surface area contributed by atoms with Crippen LogP contribution in [0.15, 0.2) is 64.4 Å². The number of benzene rings is 2. The van der Waals surface area contributed by atoms with Gasteiger partial charge < -0.3 is 14.5 Å². The van der Waals surface area contributed by atoms with Crippen LogP contribution < -0.4 is 10.3 Å². The number of nitrogens with zero attached hydrogens (tertiary/aromatic N) is 3. The first-order chi connectivity index (χ1) is 16.6. The molecule has 0 unspecified atom stereocenters. The molecule has 1 fully saturated rings. The first kappa shape index (κ1) is 24.6. The number of rotatable bonds is 8. The van der Waals surface area contributed by atoms with Gasteiger partial charge in [-0.15, -0.1) is 0 Å². The molecule has 0 amide bonds. The van der Waals surface area contributed by atoms with Crippen molar-refractivity contribution in [3.05, 3.63) is 74.9 Å². The summed E-state index contributed by atoms with van der Waals surface area (Å²) in [6.07, 6.45) is 6.23. The Balaban J connectivity index is 1.57. The predicted octanol–water partition coefficient (Wildman–Crippen LogP) is 6.70. The van der Waals surface area contributed by atoms with Crippen molar-refractivity contribution in [2.45, 2.75) is 26.7 Å². The number of hydrogen-bond donors (Lipinski definition) is 1. The normalized spacial score (nSPS) is 17.8. The van der Waals surface area contributed by atoms with Gasteiger partial charge in [0.15, 0.2) is 0 Å². The van der Waals surface area contributed by atoms with E-state index in [1.807, 2.05) is 12.3 Å². The lowest BCUT2D eigenvalue weighted by Gasteiger charge is -2.31. The van der Waals surface area contributed by atoms with Crippen LogP contribution in [0.2, 0.25) is 10.0 Å². The summed E-state index contributed by atoms with van der Waals surface area (Å²) in [5.74, 6) is 0. The summed E-state index contributed by atoms with van der Waals surface area (Å²) in [5, 5.41) is 5.54. The molecule has 0 radical (unpaired) electrons. The van der Waals surface area contributed by atoms with Gasteiger partial charge in [0.25, 0.3) is 0 Å². The number of halogens is 2. The average molecular weight is 499 g/mol. The summed E-state index contributed by atoms with van der Waals surface area (Å²) in [7, 11) is 0. The highest BCUT2D eigenvalue weighted by Crippen LogP contribution is 2.35. The summed E-state index contributed by atoms with van der Waals surface area (Å²) in [5.41, 5.74) is 10.3. The first-order valence-corrected chi connectivity index (χ1v) is 12.7. The summed E-state index contributed by atoms with van der Waals surface area (Å²) in [4.78, 5) is 4.80. The van der Waals surface area contributed by atoms with Crippen molar-refractivity contribution >= 4 is 46.9 Å². The zero-order valence-corrected chi connectivity index (χ0v) is 21.4. The number of hydrazone groups is 1. The largest absolute Gasteiger partial charge is 0.378 e. The SMILES string of the molecule is CCN(CC)c1ccc(/C=C2\CCC(/C=N/Nc3ccc(Cl)c(Cl)c3)=C2N2CCOCC2)cc1. The molecule has 1 saturated heterocycles. The van der Waals surface area contributed by atoms with Crippen LogP contribution in [-0.2, 0) is 4.74 Å². The first-order valence-electron chi connectivity index (χ1n) is 11.9. The Morgan fingerprint density at radius 2 is 1.74 bits per heavy atom. The second-order valence-corrected chi connectivity index (χ2v) is 9.22. The highest BCUT2D eigenvalue weighted by molar-refractivity contribution is 6.42. The maximum atomic E-state index is 6.12. The highest BCUT2D eigenvalue weighted by Gasteiger charge is 2.25. The second-order valence-electron chi connectivity index (χ2n) is 8.41. The Bertz CT molecular complexity index is 1070. The van der Waals surface area contributed by atoms with Crippen molar-refractivity contribution in [1.82, 2.24) is 4.90 Å². The van der Waals surface area contributed by atoms with Crippen LogP contribution >= 0.6 is 23.2 Å². The summed E-state index contributed by atoms with van der Waals surface area (Å²) < 4.78 is 5.61. The molecule has 0 atom stereocenters. The second kappa shape index (κ2) is 11.8. The molecule has 0 saturated carbocycles. The van der Waals surface area contributed by atoms with E-state index in [-0.39, 0.29) is 0 Å². The quantitative estimate of drug-likeness (QED) is 0.324. The number of allylic oxidation sites excluding steroid dienone is 2. The minimum Gasteiger partial charge on any atom is -0.378 e. The zero-order chi connectivity index (χ0) is 23.9. The topological polar surface area (TPSA) is 40.1 Å². The lowest BCUT2D eigenvalue weighted by Crippen LogP contribution is -2.36. The van der Waals surface area contributed by atoms with Crippen LogP contribution in [0.3, 0.4) is 0 Å². The summed E-state index contributed by atoms with van der Waals surface area (Å²) >= 11 is 12.1. The lowest BCUT2D eigenvalue weighted by atomic mass is 10.1. The van der Waals surface area contributed by atoms with E-state index in [0.29, 0.717) is 10.0 Å². The third-order valence-corrected chi connectivity index (χ3v) is 7.03. The lowest BCUT2D eigenvalue weighted by molar-refractivity contribution is 0.0548. The van der Waals surface area contributed by atoms with Gasteiger partial charge in [0.2, 0.25) is 0 Å². The molecule has 0 bridgehead atoms. The van der Waals surface area contributed by atoms with E-state index in [9.17, 15) is 0 Å². The van der Waals surface area contributed by atoms with Crippen LogP contribution in [0.25, 0.3) is 6.08 Å². The third-order valence-electron chi connectivity index (χ3n) is 6.30. The molecule has 2 aromatic carbocycles. The predicted molar refractivity (Wildman–Crippen MR) is 145 cm³/mol. The Kier molecular flexibility index (Phi) is 8.54. The van der Waals surface area contributed by atoms with Crippen molar-refractivity contribution in [3.63, 3.8) is 0 Å². The van der Waals surface area contributed by atoms with Crippen molar-refractivity contribution in [2.24, 2.45) is 5.10 Å². The molecule has 4 rings (SSSR count). The molecule has 1 aliphatic heterocycles. The molecule has 2 aromatic rings. The standard InChI is InChI=1S/C27H32Cl2N4O/c1-3-32(4-2)24-10-5-20(6-11-24)17-21-7-8-22(27(21)33-13-15-34-16-14-33)19-30-31-23-9-12-25(28)26(29)18-23/h5-6,9-12,17-19,31H,3-4,7-8,13-16H2,1-2H3/b21-17+,30-19+. The average Bonchev–Trinajstić information content (AvgIpc) is 3.26. The van der Waals surface area contributed by atoms with Crippen molar-refractivity contribution in [3.8, 4) is 0 Å². The van der Waals surface area contributed by atoms with Crippen LogP contribution in [0.5, 0.6) is 0 Å². The van der Waals surface area contributed by atoms with E-state index in [2.05, 4.69) is 64.5 Å².